The number of nitrogens with zero attached hydrogens (tertiary/aromatic N) is 3. The number of rotatable bonds is 6. The van der Waals surface area contributed by atoms with Gasteiger partial charge in [0.25, 0.3) is 0 Å². The van der Waals surface area contributed by atoms with Gasteiger partial charge in [0.2, 0.25) is 0 Å². The molecule has 0 amide bonds. The molecule has 108 valence electrons. The first kappa shape index (κ1) is 14.5. The van der Waals surface area contributed by atoms with Crippen LogP contribution in [0.3, 0.4) is 0 Å². The van der Waals surface area contributed by atoms with Crippen LogP contribution in [-0.4, -0.2) is 34.1 Å². The third-order valence-electron chi connectivity index (χ3n) is 4.08. The van der Waals surface area contributed by atoms with Gasteiger partial charge in [-0.25, -0.2) is 4.98 Å². The summed E-state index contributed by atoms with van der Waals surface area (Å²) in [6.07, 6.45) is 6.58. The predicted molar refractivity (Wildman–Crippen MR) is 78.8 cm³/mol. The average Bonchev–Trinajstić information content (AvgIpc) is 2.99. The Morgan fingerprint density at radius 2 is 1.89 bits per heavy atom. The average molecular weight is 264 g/mol. The number of likely N-dealkylation sites (tertiary alicyclic amines) is 1. The number of aromatic nitrogens is 2. The van der Waals surface area contributed by atoms with Gasteiger partial charge < -0.3 is 15.2 Å². The largest absolute Gasteiger partial charge is 0.333 e. The Bertz CT molecular complexity index is 379. The molecule has 2 rings (SSSR count). The third kappa shape index (κ3) is 3.80. The van der Waals surface area contributed by atoms with Gasteiger partial charge in [-0.15, -0.1) is 0 Å². The van der Waals surface area contributed by atoms with E-state index in [9.17, 15) is 0 Å². The fourth-order valence-electron chi connectivity index (χ4n) is 2.90. The van der Waals surface area contributed by atoms with Gasteiger partial charge in [-0.2, -0.15) is 0 Å². The van der Waals surface area contributed by atoms with Crippen LogP contribution in [0.2, 0.25) is 0 Å². The lowest BCUT2D eigenvalue weighted by Gasteiger charge is -2.23. The van der Waals surface area contributed by atoms with Gasteiger partial charge in [-0.1, -0.05) is 20.8 Å². The van der Waals surface area contributed by atoms with Crippen molar-refractivity contribution in [2.75, 3.05) is 19.6 Å². The van der Waals surface area contributed by atoms with Crippen molar-refractivity contribution in [1.29, 1.82) is 0 Å². The molecule has 4 heteroatoms. The van der Waals surface area contributed by atoms with Gasteiger partial charge in [0, 0.05) is 25.3 Å². The van der Waals surface area contributed by atoms with Crippen LogP contribution in [0.5, 0.6) is 0 Å². The summed E-state index contributed by atoms with van der Waals surface area (Å²) in [7, 11) is 0. The second-order valence-electron chi connectivity index (χ2n) is 6.35. The van der Waals surface area contributed by atoms with Gasteiger partial charge >= 0.3 is 0 Å². The zero-order chi connectivity index (χ0) is 13.8. The third-order valence-corrected chi connectivity index (χ3v) is 4.08. The van der Waals surface area contributed by atoms with E-state index in [4.69, 9.17) is 5.73 Å². The molecule has 2 N–H and O–H groups in total. The Hall–Kier alpha value is -0.870. The smallest absolute Gasteiger partial charge is 0.0948 e. The lowest BCUT2D eigenvalue weighted by molar-refractivity contribution is 0.269. The fraction of sp³-hybridized carbons (Fsp3) is 0.800. The number of hydrogen-bond acceptors (Lipinski definition) is 3. The van der Waals surface area contributed by atoms with Crippen LogP contribution in [0.1, 0.15) is 45.3 Å². The van der Waals surface area contributed by atoms with Crippen molar-refractivity contribution in [1.82, 2.24) is 14.5 Å². The van der Waals surface area contributed by atoms with E-state index in [0.29, 0.717) is 11.8 Å². The van der Waals surface area contributed by atoms with E-state index in [0.717, 1.165) is 6.54 Å². The molecular weight excluding hydrogens is 236 g/mol. The van der Waals surface area contributed by atoms with Crippen LogP contribution in [0.4, 0.5) is 0 Å². The van der Waals surface area contributed by atoms with Crippen LogP contribution in [-0.2, 0) is 6.54 Å². The molecular formula is C15H28N4. The second kappa shape index (κ2) is 6.53. The monoisotopic (exact) mass is 264 g/mol. The van der Waals surface area contributed by atoms with Crippen LogP contribution in [0.15, 0.2) is 12.5 Å². The molecule has 1 aliphatic heterocycles. The summed E-state index contributed by atoms with van der Waals surface area (Å²) in [5, 5.41) is 0. The summed E-state index contributed by atoms with van der Waals surface area (Å²) >= 11 is 0. The molecule has 2 heterocycles. The van der Waals surface area contributed by atoms with Crippen molar-refractivity contribution in [3.05, 3.63) is 18.2 Å². The molecule has 2 atom stereocenters. The highest BCUT2D eigenvalue weighted by Crippen LogP contribution is 2.20. The predicted octanol–water partition coefficient (Wildman–Crippen LogP) is 2.27. The van der Waals surface area contributed by atoms with E-state index in [-0.39, 0.29) is 6.04 Å². The fourth-order valence-corrected chi connectivity index (χ4v) is 2.90. The van der Waals surface area contributed by atoms with Crippen molar-refractivity contribution >= 4 is 0 Å². The first-order valence-corrected chi connectivity index (χ1v) is 7.56. The van der Waals surface area contributed by atoms with Crippen LogP contribution in [0.25, 0.3) is 0 Å². The highest BCUT2D eigenvalue weighted by Gasteiger charge is 2.18. The molecule has 4 nitrogen and oxygen atoms in total. The molecule has 0 aliphatic carbocycles. The maximum absolute atomic E-state index is 6.25. The minimum Gasteiger partial charge on any atom is -0.333 e. The van der Waals surface area contributed by atoms with Gasteiger partial charge in [0.15, 0.2) is 0 Å². The Morgan fingerprint density at radius 1 is 1.21 bits per heavy atom. The summed E-state index contributed by atoms with van der Waals surface area (Å²) < 4.78 is 2.24. The molecule has 1 aromatic heterocycles. The molecule has 1 aliphatic rings. The van der Waals surface area contributed by atoms with E-state index < -0.39 is 0 Å². The van der Waals surface area contributed by atoms with Crippen molar-refractivity contribution < 1.29 is 0 Å². The minimum atomic E-state index is 0.0847. The Kier molecular flexibility index (Phi) is 4.99. The van der Waals surface area contributed by atoms with Crippen LogP contribution in [0, 0.1) is 11.8 Å². The standard InChI is InChI=1S/C15H28N4/c1-12(2)15(16)14-8-17-11-19(14)10-13(3)9-18-6-4-5-7-18/h8,11-13,15H,4-7,9-10,16H2,1-3H3. The minimum absolute atomic E-state index is 0.0847. The van der Waals surface area contributed by atoms with Gasteiger partial charge in [0.1, 0.15) is 0 Å². The van der Waals surface area contributed by atoms with Crippen LogP contribution >= 0.6 is 0 Å². The molecule has 0 saturated carbocycles. The zero-order valence-electron chi connectivity index (χ0n) is 12.5. The quantitative estimate of drug-likeness (QED) is 0.857. The summed E-state index contributed by atoms with van der Waals surface area (Å²) in [5.41, 5.74) is 7.42. The molecule has 0 radical (unpaired) electrons. The van der Waals surface area contributed by atoms with Crippen molar-refractivity contribution in [2.24, 2.45) is 17.6 Å². The molecule has 2 unspecified atom stereocenters. The lowest BCUT2D eigenvalue weighted by Crippen LogP contribution is -2.28. The molecule has 0 aromatic carbocycles. The van der Waals surface area contributed by atoms with E-state index >= 15 is 0 Å². The number of imidazole rings is 1. The summed E-state index contributed by atoms with van der Waals surface area (Å²) in [5.74, 6) is 1.09. The molecule has 0 bridgehead atoms. The second-order valence-corrected chi connectivity index (χ2v) is 6.35. The van der Waals surface area contributed by atoms with E-state index in [1.165, 1.54) is 38.2 Å². The van der Waals surface area contributed by atoms with Gasteiger partial charge in [-0.3, -0.25) is 0 Å². The summed E-state index contributed by atoms with van der Waals surface area (Å²) in [4.78, 5) is 6.85. The molecule has 0 spiro atoms. The number of hydrogen-bond donors (Lipinski definition) is 1. The maximum atomic E-state index is 6.25. The first-order chi connectivity index (χ1) is 9.08. The first-order valence-electron chi connectivity index (χ1n) is 7.56. The maximum Gasteiger partial charge on any atom is 0.0948 e. The number of nitrogens with two attached hydrogens (primary N) is 1. The lowest BCUT2D eigenvalue weighted by atomic mass is 10.0. The molecule has 1 fully saturated rings. The normalized spacial score (nSPS) is 20.1. The SMILES string of the molecule is CC(CN1CCCC1)Cn1cncc1C(N)C(C)C. The summed E-state index contributed by atoms with van der Waals surface area (Å²) in [6, 6.07) is 0.0847. The Balaban J connectivity index is 1.93. The Labute approximate surface area is 117 Å². The molecule has 19 heavy (non-hydrogen) atoms. The molecule has 1 aromatic rings. The summed E-state index contributed by atoms with van der Waals surface area (Å²) in [6.45, 7) is 11.4. The highest BCUT2D eigenvalue weighted by molar-refractivity contribution is 5.05. The topological polar surface area (TPSA) is 47.1 Å². The van der Waals surface area contributed by atoms with Gasteiger partial charge in [-0.05, 0) is 37.8 Å². The van der Waals surface area contributed by atoms with Crippen LogP contribution < -0.4 is 5.73 Å². The van der Waals surface area contributed by atoms with Gasteiger partial charge in [0.05, 0.1) is 12.0 Å². The van der Waals surface area contributed by atoms with E-state index in [1.807, 2.05) is 12.5 Å². The van der Waals surface area contributed by atoms with Crippen molar-refractivity contribution in [3.63, 3.8) is 0 Å². The van der Waals surface area contributed by atoms with Crippen molar-refractivity contribution in [3.8, 4) is 0 Å². The van der Waals surface area contributed by atoms with E-state index in [1.54, 1.807) is 0 Å². The van der Waals surface area contributed by atoms with E-state index in [2.05, 4.69) is 35.2 Å². The Morgan fingerprint density at radius 3 is 2.53 bits per heavy atom. The highest BCUT2D eigenvalue weighted by atomic mass is 15.1. The molecule has 1 saturated heterocycles. The van der Waals surface area contributed by atoms with Crippen molar-refractivity contribution in [2.45, 2.75) is 46.2 Å². The zero-order valence-corrected chi connectivity index (χ0v) is 12.5.